The van der Waals surface area contributed by atoms with Gasteiger partial charge in [-0.1, -0.05) is 11.2 Å². The van der Waals surface area contributed by atoms with Crippen LogP contribution in [0.5, 0.6) is 0 Å². The third-order valence-corrected chi connectivity index (χ3v) is 5.04. The van der Waals surface area contributed by atoms with Gasteiger partial charge in [-0.25, -0.2) is 13.2 Å². The van der Waals surface area contributed by atoms with Gasteiger partial charge in [-0.15, -0.1) is 11.3 Å². The molecule has 2 heterocycles. The average Bonchev–Trinajstić information content (AvgIpc) is 2.85. The molecular weight excluding hydrogens is 266 g/mol. The van der Waals surface area contributed by atoms with Gasteiger partial charge in [0.05, 0.1) is 0 Å². The van der Waals surface area contributed by atoms with Crippen molar-refractivity contribution in [3.8, 4) is 0 Å². The molecule has 8 heteroatoms. The van der Waals surface area contributed by atoms with Gasteiger partial charge in [0.15, 0.2) is 21.3 Å². The van der Waals surface area contributed by atoms with Crippen LogP contribution in [0.3, 0.4) is 0 Å². The second kappa shape index (κ2) is 4.30. The minimum atomic E-state index is -3.49. The van der Waals surface area contributed by atoms with Gasteiger partial charge in [-0.2, -0.15) is 0 Å². The molecule has 2 rings (SSSR count). The highest BCUT2D eigenvalue weighted by molar-refractivity contribution is 7.92. The van der Waals surface area contributed by atoms with Crippen LogP contribution >= 0.6 is 11.3 Å². The summed E-state index contributed by atoms with van der Waals surface area (Å²) in [5.41, 5.74) is -0.304. The predicted molar refractivity (Wildman–Crippen MR) is 58.7 cm³/mol. The van der Waals surface area contributed by atoms with Crippen molar-refractivity contribution in [3.63, 3.8) is 0 Å². The van der Waals surface area contributed by atoms with Crippen molar-refractivity contribution >= 4 is 27.1 Å². The van der Waals surface area contributed by atoms with Crippen LogP contribution in [0.25, 0.3) is 0 Å². The number of hydrogen-bond acceptors (Lipinski definition) is 6. The van der Waals surface area contributed by atoms with Crippen molar-refractivity contribution in [1.29, 1.82) is 0 Å². The number of aromatic nitrogens is 1. The first-order valence-corrected chi connectivity index (χ1v) is 6.97. The van der Waals surface area contributed by atoms with E-state index in [9.17, 15) is 13.2 Å². The van der Waals surface area contributed by atoms with Gasteiger partial charge >= 0.3 is 5.97 Å². The molecule has 0 aliphatic carbocycles. The number of thiophene rings is 1. The lowest BCUT2D eigenvalue weighted by Crippen LogP contribution is -2.02. The number of carboxylic acid groups (broad SMARTS) is 1. The highest BCUT2D eigenvalue weighted by Crippen LogP contribution is 2.21. The molecule has 17 heavy (non-hydrogen) atoms. The summed E-state index contributed by atoms with van der Waals surface area (Å²) in [5.74, 6) is -1.64. The zero-order valence-electron chi connectivity index (χ0n) is 8.36. The number of carboxylic acids is 1. The molecule has 0 aromatic carbocycles. The van der Waals surface area contributed by atoms with E-state index in [-0.39, 0.29) is 15.7 Å². The molecule has 0 amide bonds. The molecule has 0 bridgehead atoms. The lowest BCUT2D eigenvalue weighted by atomic mass is 10.4. The second-order valence-electron chi connectivity index (χ2n) is 3.17. The standard InChI is InChI=1S/C9H7NO5S2/c11-9(12)7-4-6(15-10-7)5-17(13,14)8-2-1-3-16-8/h1-4H,5H2,(H,11,12). The Labute approximate surface area is 100 Å². The number of hydrogen-bond donors (Lipinski definition) is 1. The molecule has 0 unspecified atom stereocenters. The van der Waals surface area contributed by atoms with Gasteiger partial charge in [0.25, 0.3) is 0 Å². The maximum atomic E-state index is 11.8. The molecule has 0 aliphatic heterocycles. The van der Waals surface area contributed by atoms with E-state index in [0.717, 1.165) is 17.4 Å². The van der Waals surface area contributed by atoms with Crippen LogP contribution in [0.4, 0.5) is 0 Å². The molecule has 0 spiro atoms. The summed E-state index contributed by atoms with van der Waals surface area (Å²) in [4.78, 5) is 10.5. The maximum Gasteiger partial charge on any atom is 0.358 e. The SMILES string of the molecule is O=C(O)c1cc(CS(=O)(=O)c2cccs2)on1. The molecule has 1 N–H and O–H groups in total. The molecular formula is C9H7NO5S2. The maximum absolute atomic E-state index is 11.8. The predicted octanol–water partition coefficient (Wildman–Crippen LogP) is 1.41. The molecule has 0 radical (unpaired) electrons. The molecule has 90 valence electrons. The smallest absolute Gasteiger partial charge is 0.358 e. The Bertz CT molecular complexity index is 626. The van der Waals surface area contributed by atoms with E-state index in [4.69, 9.17) is 5.11 Å². The number of sulfone groups is 1. The van der Waals surface area contributed by atoms with E-state index >= 15 is 0 Å². The van der Waals surface area contributed by atoms with E-state index < -0.39 is 21.6 Å². The normalized spacial score (nSPS) is 11.5. The van der Waals surface area contributed by atoms with Crippen LogP contribution in [0.2, 0.25) is 0 Å². The molecule has 0 atom stereocenters. The van der Waals surface area contributed by atoms with Crippen molar-refractivity contribution in [3.05, 3.63) is 35.0 Å². The van der Waals surface area contributed by atoms with Crippen molar-refractivity contribution in [2.45, 2.75) is 9.96 Å². The summed E-state index contributed by atoms with van der Waals surface area (Å²) in [6.45, 7) is 0. The van der Waals surface area contributed by atoms with Crippen molar-refractivity contribution in [2.75, 3.05) is 0 Å². The molecule has 6 nitrogen and oxygen atoms in total. The number of nitrogens with zero attached hydrogens (tertiary/aromatic N) is 1. The van der Waals surface area contributed by atoms with Gasteiger partial charge in [0, 0.05) is 6.07 Å². The van der Waals surface area contributed by atoms with Gasteiger partial charge < -0.3 is 9.63 Å². The van der Waals surface area contributed by atoms with Gasteiger partial charge in [0.1, 0.15) is 9.96 Å². The summed E-state index contributed by atoms with van der Waals surface area (Å²) >= 11 is 1.10. The Hall–Kier alpha value is -1.67. The Morgan fingerprint density at radius 2 is 2.29 bits per heavy atom. The molecule has 0 saturated carbocycles. The van der Waals surface area contributed by atoms with E-state index in [1.165, 1.54) is 6.07 Å². The third kappa shape index (κ3) is 2.53. The highest BCUT2D eigenvalue weighted by Gasteiger charge is 2.20. The summed E-state index contributed by atoms with van der Waals surface area (Å²) in [5, 5.41) is 13.5. The fourth-order valence-corrected chi connectivity index (χ4v) is 3.50. The van der Waals surface area contributed by atoms with Crippen LogP contribution in [0, 0.1) is 0 Å². The van der Waals surface area contributed by atoms with E-state index in [1.807, 2.05) is 0 Å². The number of carbonyl (C=O) groups is 1. The average molecular weight is 273 g/mol. The summed E-state index contributed by atoms with van der Waals surface area (Å²) in [7, 11) is -3.49. The van der Waals surface area contributed by atoms with Crippen LogP contribution in [0.1, 0.15) is 16.2 Å². The second-order valence-corrected chi connectivity index (χ2v) is 6.34. The Morgan fingerprint density at radius 1 is 1.53 bits per heavy atom. The summed E-state index contributed by atoms with van der Waals surface area (Å²) < 4.78 is 28.5. The van der Waals surface area contributed by atoms with E-state index in [2.05, 4.69) is 9.68 Å². The highest BCUT2D eigenvalue weighted by atomic mass is 32.2. The van der Waals surface area contributed by atoms with Crippen molar-refractivity contribution in [1.82, 2.24) is 5.16 Å². The monoisotopic (exact) mass is 273 g/mol. The lowest BCUT2D eigenvalue weighted by Gasteiger charge is -1.96. The first-order valence-electron chi connectivity index (χ1n) is 4.44. The fourth-order valence-electron chi connectivity index (χ4n) is 1.18. The lowest BCUT2D eigenvalue weighted by molar-refractivity contribution is 0.0685. The largest absolute Gasteiger partial charge is 0.476 e. The quantitative estimate of drug-likeness (QED) is 0.904. The van der Waals surface area contributed by atoms with E-state index in [1.54, 1.807) is 11.4 Å². The Morgan fingerprint density at radius 3 is 2.82 bits per heavy atom. The zero-order valence-corrected chi connectivity index (χ0v) is 9.99. The molecule has 2 aromatic heterocycles. The van der Waals surface area contributed by atoms with Gasteiger partial charge in [-0.3, -0.25) is 0 Å². The zero-order chi connectivity index (χ0) is 12.5. The number of aromatic carboxylic acids is 1. The first kappa shape index (κ1) is 11.8. The Balaban J connectivity index is 2.24. The van der Waals surface area contributed by atoms with Gasteiger partial charge in [-0.05, 0) is 11.4 Å². The minimum absolute atomic E-state index is 0.0100. The molecule has 0 fully saturated rings. The van der Waals surface area contributed by atoms with Crippen LogP contribution in [-0.4, -0.2) is 24.7 Å². The van der Waals surface area contributed by atoms with Crippen molar-refractivity contribution < 1.29 is 22.8 Å². The van der Waals surface area contributed by atoms with Crippen LogP contribution < -0.4 is 0 Å². The summed E-state index contributed by atoms with van der Waals surface area (Å²) in [6, 6.07) is 4.21. The minimum Gasteiger partial charge on any atom is -0.476 e. The topological polar surface area (TPSA) is 97.5 Å². The molecule has 0 aliphatic rings. The van der Waals surface area contributed by atoms with Gasteiger partial charge in [0.2, 0.25) is 0 Å². The first-order chi connectivity index (χ1) is 7.99. The van der Waals surface area contributed by atoms with Crippen molar-refractivity contribution in [2.24, 2.45) is 0 Å². The number of rotatable bonds is 4. The van der Waals surface area contributed by atoms with E-state index in [0.29, 0.717) is 0 Å². The molecule has 0 saturated heterocycles. The fraction of sp³-hybridized carbons (Fsp3) is 0.111. The third-order valence-electron chi connectivity index (χ3n) is 1.91. The van der Waals surface area contributed by atoms with Crippen LogP contribution in [0.15, 0.2) is 32.3 Å². The molecule has 2 aromatic rings. The van der Waals surface area contributed by atoms with Crippen LogP contribution in [-0.2, 0) is 15.6 Å². The summed E-state index contributed by atoms with van der Waals surface area (Å²) in [6.07, 6.45) is 0. The Kier molecular flexibility index (Phi) is 2.99.